The molecular formula is C20H25N5O2. The summed E-state index contributed by atoms with van der Waals surface area (Å²) in [6.07, 6.45) is 2.46. The number of ether oxygens (including phenoxy) is 1. The van der Waals surface area contributed by atoms with Gasteiger partial charge in [0.25, 0.3) is 5.91 Å². The fourth-order valence-electron chi connectivity index (χ4n) is 3.68. The number of aromatic nitrogens is 2. The lowest BCUT2D eigenvalue weighted by Crippen LogP contribution is -2.49. The normalized spacial score (nSPS) is 17.3. The van der Waals surface area contributed by atoms with E-state index in [2.05, 4.69) is 26.1 Å². The second-order valence-corrected chi connectivity index (χ2v) is 6.96. The van der Waals surface area contributed by atoms with Gasteiger partial charge in [0.2, 0.25) is 0 Å². The number of hydrogen-bond acceptors (Lipinski definition) is 6. The largest absolute Gasteiger partial charge is 0.497 e. The molecule has 1 aromatic heterocycles. The van der Waals surface area contributed by atoms with Crippen LogP contribution in [0.25, 0.3) is 0 Å². The van der Waals surface area contributed by atoms with Crippen molar-refractivity contribution in [1.29, 1.82) is 0 Å². The van der Waals surface area contributed by atoms with Gasteiger partial charge >= 0.3 is 0 Å². The lowest BCUT2D eigenvalue weighted by atomic mass is 10.1. The van der Waals surface area contributed by atoms with Gasteiger partial charge in [0.05, 0.1) is 7.11 Å². The molecule has 0 aliphatic carbocycles. The number of carbonyl (C=O) groups is 1. The Morgan fingerprint density at radius 2 is 1.52 bits per heavy atom. The summed E-state index contributed by atoms with van der Waals surface area (Å²) in [7, 11) is 1.61. The molecule has 7 heteroatoms. The highest BCUT2D eigenvalue weighted by atomic mass is 16.5. The average molecular weight is 367 g/mol. The Hall–Kier alpha value is -2.83. The second kappa shape index (κ2) is 7.82. The van der Waals surface area contributed by atoms with Crippen LogP contribution in [-0.4, -0.2) is 67.4 Å². The second-order valence-electron chi connectivity index (χ2n) is 6.96. The number of amides is 1. The highest BCUT2D eigenvalue weighted by Crippen LogP contribution is 2.21. The molecule has 0 N–H and O–H groups in total. The quantitative estimate of drug-likeness (QED) is 0.824. The number of carbonyl (C=O) groups excluding carboxylic acids is 1. The van der Waals surface area contributed by atoms with Crippen molar-refractivity contribution < 1.29 is 9.53 Å². The van der Waals surface area contributed by atoms with E-state index in [1.54, 1.807) is 13.2 Å². The van der Waals surface area contributed by atoms with Gasteiger partial charge in [0, 0.05) is 44.8 Å². The van der Waals surface area contributed by atoms with Crippen LogP contribution in [0.4, 0.5) is 11.6 Å². The van der Waals surface area contributed by atoms with Crippen LogP contribution in [-0.2, 0) is 0 Å². The van der Waals surface area contributed by atoms with E-state index in [-0.39, 0.29) is 5.91 Å². The molecule has 7 nitrogen and oxygen atoms in total. The van der Waals surface area contributed by atoms with Crippen LogP contribution >= 0.6 is 0 Å². The number of benzene rings is 1. The summed E-state index contributed by atoms with van der Waals surface area (Å²) in [5.41, 5.74) is 0.664. The Morgan fingerprint density at radius 1 is 0.889 bits per heavy atom. The molecule has 1 amide bonds. The van der Waals surface area contributed by atoms with Gasteiger partial charge < -0.3 is 19.4 Å². The predicted molar refractivity (Wildman–Crippen MR) is 105 cm³/mol. The van der Waals surface area contributed by atoms with Crippen LogP contribution in [0.2, 0.25) is 0 Å². The molecule has 0 spiro atoms. The maximum atomic E-state index is 12.7. The lowest BCUT2D eigenvalue weighted by Gasteiger charge is -2.35. The zero-order valence-electron chi connectivity index (χ0n) is 15.7. The first-order valence-corrected chi connectivity index (χ1v) is 9.51. The minimum absolute atomic E-state index is 0.0454. The van der Waals surface area contributed by atoms with Crippen LogP contribution < -0.4 is 14.5 Å². The molecule has 4 rings (SSSR count). The van der Waals surface area contributed by atoms with Gasteiger partial charge in [0.1, 0.15) is 5.75 Å². The van der Waals surface area contributed by atoms with E-state index in [0.29, 0.717) is 24.4 Å². The smallest absolute Gasteiger partial charge is 0.254 e. The zero-order valence-corrected chi connectivity index (χ0v) is 15.7. The summed E-state index contributed by atoms with van der Waals surface area (Å²) < 4.78 is 5.22. The van der Waals surface area contributed by atoms with Crippen molar-refractivity contribution in [2.24, 2.45) is 0 Å². The molecule has 2 fully saturated rings. The van der Waals surface area contributed by atoms with E-state index < -0.39 is 0 Å². The van der Waals surface area contributed by atoms with Gasteiger partial charge in [-0.1, -0.05) is 6.07 Å². The zero-order chi connectivity index (χ0) is 18.6. The number of piperazine rings is 1. The van der Waals surface area contributed by atoms with Crippen LogP contribution in [0.1, 0.15) is 23.2 Å². The van der Waals surface area contributed by atoms with Gasteiger partial charge in [-0.25, -0.2) is 0 Å². The Morgan fingerprint density at radius 3 is 2.11 bits per heavy atom. The van der Waals surface area contributed by atoms with Crippen LogP contribution in [0, 0.1) is 0 Å². The van der Waals surface area contributed by atoms with Crippen molar-refractivity contribution in [3.63, 3.8) is 0 Å². The monoisotopic (exact) mass is 367 g/mol. The highest BCUT2D eigenvalue weighted by Gasteiger charge is 2.23. The lowest BCUT2D eigenvalue weighted by molar-refractivity contribution is 0.0746. The molecule has 0 atom stereocenters. The molecule has 3 heterocycles. The van der Waals surface area contributed by atoms with E-state index in [1.807, 2.05) is 29.2 Å². The third-order valence-electron chi connectivity index (χ3n) is 5.27. The number of hydrogen-bond donors (Lipinski definition) is 0. The van der Waals surface area contributed by atoms with Crippen molar-refractivity contribution in [3.8, 4) is 5.75 Å². The molecule has 2 saturated heterocycles. The standard InChI is InChI=1S/C20H25N5O2/c1-27-17-6-4-5-16(15-17)20(26)25-13-11-24(12-14-25)19-8-7-18(21-22-19)23-9-2-3-10-23/h4-8,15H,2-3,9-14H2,1H3. The van der Waals surface area contributed by atoms with E-state index >= 15 is 0 Å². The average Bonchev–Trinajstić information content (AvgIpc) is 3.28. The molecular weight excluding hydrogens is 342 g/mol. The third kappa shape index (κ3) is 3.82. The molecule has 27 heavy (non-hydrogen) atoms. The number of nitrogens with zero attached hydrogens (tertiary/aromatic N) is 5. The van der Waals surface area contributed by atoms with Crippen LogP contribution in [0.5, 0.6) is 5.75 Å². The first kappa shape index (κ1) is 17.6. The van der Waals surface area contributed by atoms with Gasteiger partial charge in [-0.05, 0) is 43.2 Å². The summed E-state index contributed by atoms with van der Waals surface area (Å²) in [5, 5.41) is 8.81. The fraction of sp³-hybridized carbons (Fsp3) is 0.450. The maximum Gasteiger partial charge on any atom is 0.254 e. The molecule has 2 aromatic rings. The molecule has 0 radical (unpaired) electrons. The summed E-state index contributed by atoms with van der Waals surface area (Å²) >= 11 is 0. The molecule has 2 aliphatic heterocycles. The van der Waals surface area contributed by atoms with E-state index in [1.165, 1.54) is 12.8 Å². The van der Waals surface area contributed by atoms with Gasteiger partial charge in [-0.3, -0.25) is 4.79 Å². The van der Waals surface area contributed by atoms with Crippen molar-refractivity contribution >= 4 is 17.5 Å². The minimum Gasteiger partial charge on any atom is -0.497 e. The Balaban J connectivity index is 1.36. The fourth-order valence-corrected chi connectivity index (χ4v) is 3.68. The highest BCUT2D eigenvalue weighted by molar-refractivity contribution is 5.94. The first-order chi connectivity index (χ1) is 13.2. The van der Waals surface area contributed by atoms with Crippen molar-refractivity contribution in [3.05, 3.63) is 42.0 Å². The van der Waals surface area contributed by atoms with Gasteiger partial charge in [-0.2, -0.15) is 0 Å². The van der Waals surface area contributed by atoms with Crippen LogP contribution in [0.15, 0.2) is 36.4 Å². The summed E-state index contributed by atoms with van der Waals surface area (Å²) in [5.74, 6) is 2.59. The Kier molecular flexibility index (Phi) is 5.09. The Bertz CT molecular complexity index is 781. The SMILES string of the molecule is COc1cccc(C(=O)N2CCN(c3ccc(N4CCCC4)nn3)CC2)c1. The Labute approximate surface area is 159 Å². The summed E-state index contributed by atoms with van der Waals surface area (Å²) in [6.45, 7) is 5.00. The van der Waals surface area contributed by atoms with Crippen molar-refractivity contribution in [1.82, 2.24) is 15.1 Å². The molecule has 0 bridgehead atoms. The van der Waals surface area contributed by atoms with E-state index in [4.69, 9.17) is 4.74 Å². The van der Waals surface area contributed by atoms with Gasteiger partial charge in [-0.15, -0.1) is 10.2 Å². The van der Waals surface area contributed by atoms with Crippen molar-refractivity contribution in [2.75, 3.05) is 56.2 Å². The first-order valence-electron chi connectivity index (χ1n) is 9.51. The molecule has 0 saturated carbocycles. The number of anilines is 2. The third-order valence-corrected chi connectivity index (χ3v) is 5.27. The topological polar surface area (TPSA) is 61.8 Å². The van der Waals surface area contributed by atoms with Gasteiger partial charge in [0.15, 0.2) is 11.6 Å². The summed E-state index contributed by atoms with van der Waals surface area (Å²) in [4.78, 5) is 19.1. The summed E-state index contributed by atoms with van der Waals surface area (Å²) in [6, 6.07) is 11.4. The molecule has 0 unspecified atom stereocenters. The molecule has 2 aliphatic rings. The van der Waals surface area contributed by atoms with E-state index in [0.717, 1.165) is 37.8 Å². The van der Waals surface area contributed by atoms with Crippen molar-refractivity contribution in [2.45, 2.75) is 12.8 Å². The molecule has 1 aromatic carbocycles. The number of methoxy groups -OCH3 is 1. The molecule has 142 valence electrons. The predicted octanol–water partition coefficient (Wildman–Crippen LogP) is 2.05. The maximum absolute atomic E-state index is 12.7. The number of rotatable bonds is 4. The minimum atomic E-state index is 0.0454. The van der Waals surface area contributed by atoms with Crippen LogP contribution in [0.3, 0.4) is 0 Å². The van der Waals surface area contributed by atoms with E-state index in [9.17, 15) is 4.79 Å².